The van der Waals surface area contributed by atoms with Gasteiger partial charge in [0.1, 0.15) is 12.4 Å². The van der Waals surface area contributed by atoms with Crippen LogP contribution in [0, 0.1) is 6.92 Å². The van der Waals surface area contributed by atoms with Crippen molar-refractivity contribution in [3.05, 3.63) is 124 Å². The topological polar surface area (TPSA) is 77.5 Å². The number of anilines is 1. The molecule has 0 bridgehead atoms. The lowest BCUT2D eigenvalue weighted by atomic mass is 9.97. The molecular weight excluding hydrogens is 547 g/mol. The minimum Gasteiger partial charge on any atom is -0.489 e. The van der Waals surface area contributed by atoms with Gasteiger partial charge in [-0.1, -0.05) is 71.7 Å². The van der Waals surface area contributed by atoms with Crippen molar-refractivity contribution in [2.75, 3.05) is 11.9 Å². The number of amides is 1. The number of carbonyl (C=O) groups is 2. The van der Waals surface area contributed by atoms with Gasteiger partial charge in [-0.3, -0.25) is 4.79 Å². The van der Waals surface area contributed by atoms with Crippen molar-refractivity contribution in [2.24, 2.45) is 0 Å². The number of para-hydroxylation sites is 1. The molecule has 0 spiro atoms. The van der Waals surface area contributed by atoms with Gasteiger partial charge in [0.2, 0.25) is 0 Å². The monoisotopic (exact) mass is 570 g/mol. The highest BCUT2D eigenvalue weighted by Gasteiger charge is 2.21. The first-order valence-corrected chi connectivity index (χ1v) is 13.2. The van der Waals surface area contributed by atoms with Gasteiger partial charge in [-0.05, 0) is 66.6 Å². The van der Waals surface area contributed by atoms with Gasteiger partial charge in [0.15, 0.2) is 6.61 Å². The number of pyridine rings is 1. The minimum atomic E-state index is -0.632. The van der Waals surface area contributed by atoms with Gasteiger partial charge >= 0.3 is 5.97 Å². The molecule has 1 N–H and O–H groups in total. The second-order valence-corrected chi connectivity index (χ2v) is 9.87. The molecule has 4 aromatic carbocycles. The smallest absolute Gasteiger partial charge is 0.339 e. The Morgan fingerprint density at radius 2 is 1.60 bits per heavy atom. The first-order chi connectivity index (χ1) is 19.4. The number of ether oxygens (including phenoxy) is 2. The number of nitrogens with zero attached hydrogens (tertiary/aromatic N) is 1. The molecule has 1 aromatic heterocycles. The molecule has 0 radical (unpaired) electrons. The summed E-state index contributed by atoms with van der Waals surface area (Å²) in [4.78, 5) is 30.7. The van der Waals surface area contributed by atoms with Gasteiger partial charge in [0, 0.05) is 16.0 Å². The predicted octanol–water partition coefficient (Wildman–Crippen LogP) is 7.89. The molecule has 0 unspecified atom stereocenters. The minimum absolute atomic E-state index is 0.321. The lowest BCUT2D eigenvalue weighted by Gasteiger charge is -2.15. The largest absolute Gasteiger partial charge is 0.489 e. The molecule has 5 rings (SSSR count). The quantitative estimate of drug-likeness (QED) is 0.192. The van der Waals surface area contributed by atoms with Crippen molar-refractivity contribution in [3.8, 4) is 17.0 Å². The highest BCUT2D eigenvalue weighted by atomic mass is 35.5. The standard InChI is InChI=1S/C32H24Cl2N2O4/c1-20-30(32(38)40-19-29(37)35-28-17-23(33)13-16-26(28)34)25-9-5-6-10-27(25)36-31(20)22-11-14-24(15-12-22)39-18-21-7-3-2-4-8-21/h2-17H,18-19H2,1H3,(H,35,37). The number of esters is 1. The molecule has 0 aliphatic carbocycles. The maximum absolute atomic E-state index is 13.3. The molecule has 0 saturated carbocycles. The predicted molar refractivity (Wildman–Crippen MR) is 158 cm³/mol. The third kappa shape index (κ3) is 6.25. The fourth-order valence-corrected chi connectivity index (χ4v) is 4.62. The van der Waals surface area contributed by atoms with Crippen LogP contribution >= 0.6 is 23.2 Å². The van der Waals surface area contributed by atoms with Crippen LogP contribution in [0.15, 0.2) is 97.1 Å². The summed E-state index contributed by atoms with van der Waals surface area (Å²) in [6.07, 6.45) is 0. The van der Waals surface area contributed by atoms with Crippen LogP contribution in [0.5, 0.6) is 5.75 Å². The lowest BCUT2D eigenvalue weighted by molar-refractivity contribution is -0.119. The Bertz CT molecular complexity index is 1690. The zero-order valence-electron chi connectivity index (χ0n) is 21.5. The van der Waals surface area contributed by atoms with E-state index in [2.05, 4.69) is 5.32 Å². The van der Waals surface area contributed by atoms with Gasteiger partial charge in [-0.25, -0.2) is 9.78 Å². The summed E-state index contributed by atoms with van der Waals surface area (Å²) >= 11 is 12.1. The molecule has 8 heteroatoms. The van der Waals surface area contributed by atoms with Crippen molar-refractivity contribution in [3.63, 3.8) is 0 Å². The Morgan fingerprint density at radius 3 is 2.38 bits per heavy atom. The maximum atomic E-state index is 13.3. The molecule has 40 heavy (non-hydrogen) atoms. The lowest BCUT2D eigenvalue weighted by Crippen LogP contribution is -2.21. The molecule has 0 aliphatic rings. The summed E-state index contributed by atoms with van der Waals surface area (Å²) in [6, 6.07) is 29.5. The third-order valence-corrected chi connectivity index (χ3v) is 6.82. The van der Waals surface area contributed by atoms with E-state index in [9.17, 15) is 9.59 Å². The molecule has 0 atom stereocenters. The van der Waals surface area contributed by atoms with Crippen molar-refractivity contribution < 1.29 is 19.1 Å². The van der Waals surface area contributed by atoms with E-state index >= 15 is 0 Å². The Hall–Kier alpha value is -4.39. The van der Waals surface area contributed by atoms with Crippen LogP contribution in [0.4, 0.5) is 5.69 Å². The van der Waals surface area contributed by atoms with Crippen LogP contribution in [0.2, 0.25) is 10.0 Å². The van der Waals surface area contributed by atoms with Crippen LogP contribution in [-0.4, -0.2) is 23.5 Å². The number of halogens is 2. The van der Waals surface area contributed by atoms with E-state index in [1.807, 2.05) is 85.8 Å². The van der Waals surface area contributed by atoms with Gasteiger partial charge in [0.25, 0.3) is 5.91 Å². The molecular formula is C32H24Cl2N2O4. The highest BCUT2D eigenvalue weighted by molar-refractivity contribution is 6.35. The molecule has 1 heterocycles. The van der Waals surface area contributed by atoms with Crippen LogP contribution in [-0.2, 0) is 16.1 Å². The molecule has 200 valence electrons. The van der Waals surface area contributed by atoms with Gasteiger partial charge in [-0.2, -0.15) is 0 Å². The fraction of sp³-hybridized carbons (Fsp3) is 0.0938. The van der Waals surface area contributed by atoms with Crippen molar-refractivity contribution in [2.45, 2.75) is 13.5 Å². The molecule has 0 saturated heterocycles. The summed E-state index contributed by atoms with van der Waals surface area (Å²) in [5.74, 6) is -0.455. The van der Waals surface area contributed by atoms with E-state index in [1.165, 1.54) is 6.07 Å². The number of hydrogen-bond donors (Lipinski definition) is 1. The number of rotatable bonds is 8. The van der Waals surface area contributed by atoms with Crippen LogP contribution in [0.1, 0.15) is 21.5 Å². The normalized spacial score (nSPS) is 10.8. The van der Waals surface area contributed by atoms with Crippen molar-refractivity contribution in [1.82, 2.24) is 4.98 Å². The SMILES string of the molecule is Cc1c(-c2ccc(OCc3ccccc3)cc2)nc2ccccc2c1C(=O)OCC(=O)Nc1cc(Cl)ccc1Cl. The average molecular weight is 571 g/mol. The zero-order valence-corrected chi connectivity index (χ0v) is 23.0. The molecule has 0 fully saturated rings. The molecule has 1 amide bonds. The first kappa shape index (κ1) is 27.2. The number of nitrogens with one attached hydrogen (secondary N) is 1. The van der Waals surface area contributed by atoms with Crippen LogP contribution < -0.4 is 10.1 Å². The van der Waals surface area contributed by atoms with E-state index in [1.54, 1.807) is 12.1 Å². The average Bonchev–Trinajstić information content (AvgIpc) is 2.97. The maximum Gasteiger partial charge on any atom is 0.339 e. The molecule has 0 aliphatic heterocycles. The Morgan fingerprint density at radius 1 is 0.875 bits per heavy atom. The zero-order chi connectivity index (χ0) is 28.1. The summed E-state index contributed by atoms with van der Waals surface area (Å²) in [6.45, 7) is 1.78. The second kappa shape index (κ2) is 12.2. The van der Waals surface area contributed by atoms with Crippen LogP contribution in [0.3, 0.4) is 0 Å². The Labute approximate surface area is 241 Å². The Kier molecular flexibility index (Phi) is 8.29. The number of benzene rings is 4. The van der Waals surface area contributed by atoms with Crippen molar-refractivity contribution in [1.29, 1.82) is 0 Å². The van der Waals surface area contributed by atoms with Gasteiger partial charge < -0.3 is 14.8 Å². The highest BCUT2D eigenvalue weighted by Crippen LogP contribution is 2.31. The van der Waals surface area contributed by atoms with E-state index in [0.717, 1.165) is 16.9 Å². The number of fused-ring (bicyclic) bond motifs is 1. The number of carbonyl (C=O) groups excluding carboxylic acids is 2. The first-order valence-electron chi connectivity index (χ1n) is 12.5. The van der Waals surface area contributed by atoms with E-state index in [-0.39, 0.29) is 0 Å². The fourth-order valence-electron chi connectivity index (χ4n) is 4.28. The number of aromatic nitrogens is 1. The third-order valence-electron chi connectivity index (χ3n) is 6.25. The summed E-state index contributed by atoms with van der Waals surface area (Å²) in [5, 5.41) is 3.99. The summed E-state index contributed by atoms with van der Waals surface area (Å²) < 4.78 is 11.3. The molecule has 6 nitrogen and oxygen atoms in total. The van der Waals surface area contributed by atoms with Crippen LogP contribution in [0.25, 0.3) is 22.2 Å². The van der Waals surface area contributed by atoms with E-state index in [0.29, 0.717) is 50.1 Å². The summed E-state index contributed by atoms with van der Waals surface area (Å²) in [7, 11) is 0. The number of hydrogen-bond acceptors (Lipinski definition) is 5. The van der Waals surface area contributed by atoms with Crippen molar-refractivity contribution >= 4 is 51.7 Å². The summed E-state index contributed by atoms with van der Waals surface area (Å²) in [5.41, 5.74) is 4.48. The molecule has 5 aromatic rings. The van der Waals surface area contributed by atoms with Gasteiger partial charge in [0.05, 0.1) is 27.5 Å². The second-order valence-electron chi connectivity index (χ2n) is 9.02. The van der Waals surface area contributed by atoms with Gasteiger partial charge in [-0.15, -0.1) is 0 Å². The van der Waals surface area contributed by atoms with E-state index < -0.39 is 18.5 Å². The Balaban J connectivity index is 1.36. The van der Waals surface area contributed by atoms with E-state index in [4.69, 9.17) is 37.7 Å².